The zero-order chi connectivity index (χ0) is 20.8. The molecule has 146 valence electrons. The molecular weight excluding hydrogens is 398 g/mol. The standard InChI is InChI=1S/C23H15N3O3S/c24-13-9-12(23(28)29)10-14(11-13)25-20-21(27)16-6-2-1-5-15(16)19-22(20)30-18-8-4-3-7-17(18)26-19/h1-11,25H,24H2,(H,28,29). The molecule has 0 saturated heterocycles. The largest absolute Gasteiger partial charge is 0.478 e. The van der Waals surface area contributed by atoms with Crippen molar-refractivity contribution in [2.45, 2.75) is 0 Å². The summed E-state index contributed by atoms with van der Waals surface area (Å²) in [5.41, 5.74) is 8.39. The van der Waals surface area contributed by atoms with E-state index in [1.807, 2.05) is 42.5 Å². The van der Waals surface area contributed by atoms with Crippen LogP contribution in [0.1, 0.15) is 10.4 Å². The third kappa shape index (κ3) is 2.92. The first-order valence-corrected chi connectivity index (χ1v) is 9.98. The van der Waals surface area contributed by atoms with Gasteiger partial charge in [0.25, 0.3) is 0 Å². The van der Waals surface area contributed by atoms with Gasteiger partial charge in [-0.1, -0.05) is 36.4 Å². The number of hydrogen-bond acceptors (Lipinski definition) is 6. The number of carboxylic acids is 1. The van der Waals surface area contributed by atoms with Gasteiger partial charge in [0, 0.05) is 22.1 Å². The van der Waals surface area contributed by atoms with Crippen LogP contribution in [-0.4, -0.2) is 16.1 Å². The number of nitrogens with two attached hydrogens (primary N) is 1. The summed E-state index contributed by atoms with van der Waals surface area (Å²) >= 11 is 1.47. The van der Waals surface area contributed by atoms with Crippen molar-refractivity contribution in [3.8, 4) is 10.6 Å². The number of nitrogens with one attached hydrogen (secondary N) is 1. The van der Waals surface area contributed by atoms with Crippen LogP contribution in [0, 0.1) is 0 Å². The van der Waals surface area contributed by atoms with Crippen LogP contribution in [0.5, 0.6) is 0 Å². The number of aromatic carboxylic acids is 1. The maximum atomic E-state index is 13.4. The van der Waals surface area contributed by atoms with Gasteiger partial charge in [-0.3, -0.25) is 4.79 Å². The van der Waals surface area contributed by atoms with Crippen LogP contribution < -0.4 is 16.5 Å². The minimum atomic E-state index is -1.09. The second-order valence-electron chi connectivity index (χ2n) is 6.88. The lowest BCUT2D eigenvalue weighted by Gasteiger charge is -2.16. The van der Waals surface area contributed by atoms with Crippen molar-refractivity contribution in [3.05, 3.63) is 82.5 Å². The van der Waals surface area contributed by atoms with Gasteiger partial charge >= 0.3 is 5.97 Å². The van der Waals surface area contributed by atoms with Crippen molar-refractivity contribution >= 4 is 55.4 Å². The van der Waals surface area contributed by atoms with Gasteiger partial charge in [-0.05, 0) is 30.3 Å². The molecule has 3 aromatic carbocycles. The lowest BCUT2D eigenvalue weighted by atomic mass is 10.0. The number of benzene rings is 4. The van der Waals surface area contributed by atoms with E-state index >= 15 is 0 Å². The zero-order valence-electron chi connectivity index (χ0n) is 15.5. The van der Waals surface area contributed by atoms with Crippen LogP contribution in [0.15, 0.2) is 71.5 Å². The molecule has 0 spiro atoms. The highest BCUT2D eigenvalue weighted by Gasteiger charge is 2.21. The van der Waals surface area contributed by atoms with Gasteiger partial charge in [-0.2, -0.15) is 0 Å². The molecule has 30 heavy (non-hydrogen) atoms. The fourth-order valence-corrected chi connectivity index (χ4v) is 4.63. The molecule has 1 aliphatic carbocycles. The Hall–Kier alpha value is -3.97. The van der Waals surface area contributed by atoms with Gasteiger partial charge < -0.3 is 16.2 Å². The van der Waals surface area contributed by atoms with Crippen molar-refractivity contribution in [1.29, 1.82) is 0 Å². The molecule has 3 aromatic rings. The SMILES string of the molecule is Nc1cc(Nc2c3sc4ccccc4nc-3c3ccccc3c2=O)cc(C(=O)O)c1. The van der Waals surface area contributed by atoms with Crippen LogP contribution >= 0.6 is 11.3 Å². The second-order valence-corrected chi connectivity index (χ2v) is 7.94. The molecule has 4 N–H and O–H groups in total. The fourth-order valence-electron chi connectivity index (χ4n) is 3.55. The van der Waals surface area contributed by atoms with E-state index in [2.05, 4.69) is 5.32 Å². The number of nitrogen functional groups attached to an aromatic ring is 1. The molecule has 0 saturated carbocycles. The Labute approximate surface area is 174 Å². The summed E-state index contributed by atoms with van der Waals surface area (Å²) < 4.78 is 0.946. The van der Waals surface area contributed by atoms with E-state index in [4.69, 9.17) is 10.7 Å². The molecule has 0 bridgehead atoms. The quantitative estimate of drug-likeness (QED) is 0.220. The summed E-state index contributed by atoms with van der Waals surface area (Å²) in [7, 11) is 0. The number of carboxylic acid groups (broad SMARTS) is 1. The summed E-state index contributed by atoms with van der Waals surface area (Å²) in [5.74, 6) is -1.09. The molecule has 1 aliphatic heterocycles. The van der Waals surface area contributed by atoms with Crippen LogP contribution in [-0.2, 0) is 0 Å². The van der Waals surface area contributed by atoms with E-state index in [1.54, 1.807) is 12.1 Å². The number of rotatable bonds is 3. The van der Waals surface area contributed by atoms with Crippen LogP contribution in [0.3, 0.4) is 0 Å². The van der Waals surface area contributed by atoms with Gasteiger partial charge in [0.15, 0.2) is 0 Å². The number of fused-ring (bicyclic) bond motifs is 4. The molecule has 0 atom stereocenters. The number of para-hydroxylation sites is 1. The molecule has 0 fully saturated rings. The van der Waals surface area contributed by atoms with Crippen LogP contribution in [0.25, 0.3) is 31.6 Å². The van der Waals surface area contributed by atoms with Crippen molar-refractivity contribution in [2.24, 2.45) is 0 Å². The highest BCUT2D eigenvalue weighted by Crippen LogP contribution is 2.40. The van der Waals surface area contributed by atoms with Gasteiger partial charge in [0.05, 0.1) is 26.4 Å². The Balaban J connectivity index is 1.83. The summed E-state index contributed by atoms with van der Waals surface area (Å²) in [6.07, 6.45) is 0. The average Bonchev–Trinajstić information content (AvgIpc) is 2.75. The maximum absolute atomic E-state index is 13.4. The van der Waals surface area contributed by atoms with E-state index in [0.717, 1.165) is 21.3 Å². The predicted molar refractivity (Wildman–Crippen MR) is 121 cm³/mol. The molecule has 2 aliphatic rings. The summed E-state index contributed by atoms with van der Waals surface area (Å²) in [6.45, 7) is 0. The molecule has 5 rings (SSSR count). The number of aromatic nitrogens is 1. The molecule has 0 aromatic heterocycles. The van der Waals surface area contributed by atoms with Crippen molar-refractivity contribution < 1.29 is 9.90 Å². The predicted octanol–water partition coefficient (Wildman–Crippen LogP) is 4.94. The fraction of sp³-hybridized carbons (Fsp3) is 0. The lowest BCUT2D eigenvalue weighted by Crippen LogP contribution is -2.12. The summed E-state index contributed by atoms with van der Waals surface area (Å²) in [4.78, 5) is 30.3. The van der Waals surface area contributed by atoms with Crippen LogP contribution in [0.4, 0.5) is 17.1 Å². The number of anilines is 3. The van der Waals surface area contributed by atoms with E-state index in [-0.39, 0.29) is 11.0 Å². The zero-order valence-corrected chi connectivity index (χ0v) is 16.4. The first kappa shape index (κ1) is 18.1. The normalized spacial score (nSPS) is 11.2. The molecule has 0 unspecified atom stereocenters. The van der Waals surface area contributed by atoms with Gasteiger partial charge in [-0.15, -0.1) is 11.3 Å². The number of carbonyl (C=O) groups is 1. The van der Waals surface area contributed by atoms with Gasteiger partial charge in [0.1, 0.15) is 5.69 Å². The first-order chi connectivity index (χ1) is 14.5. The van der Waals surface area contributed by atoms with Crippen LogP contribution in [0.2, 0.25) is 0 Å². The minimum Gasteiger partial charge on any atom is -0.478 e. The third-order valence-electron chi connectivity index (χ3n) is 4.88. The molecular formula is C23H15N3O3S. The first-order valence-electron chi connectivity index (χ1n) is 9.16. The van der Waals surface area contributed by atoms with Gasteiger partial charge in [-0.25, -0.2) is 9.78 Å². The smallest absolute Gasteiger partial charge is 0.335 e. The lowest BCUT2D eigenvalue weighted by molar-refractivity contribution is 0.0697. The topological polar surface area (TPSA) is 105 Å². The van der Waals surface area contributed by atoms with Crippen molar-refractivity contribution in [1.82, 2.24) is 4.98 Å². The van der Waals surface area contributed by atoms with E-state index < -0.39 is 5.97 Å². The Morgan fingerprint density at radius 1 is 1.00 bits per heavy atom. The molecule has 1 heterocycles. The van der Waals surface area contributed by atoms with E-state index in [9.17, 15) is 14.7 Å². The number of nitrogens with zero attached hydrogens (tertiary/aromatic N) is 1. The third-order valence-corrected chi connectivity index (χ3v) is 6.04. The second kappa shape index (κ2) is 6.82. The Morgan fingerprint density at radius 3 is 2.53 bits per heavy atom. The Bertz CT molecular complexity index is 1490. The average molecular weight is 413 g/mol. The monoisotopic (exact) mass is 413 g/mol. The van der Waals surface area contributed by atoms with E-state index in [1.165, 1.54) is 23.5 Å². The molecule has 0 amide bonds. The highest BCUT2D eigenvalue weighted by atomic mass is 32.1. The molecule has 7 heteroatoms. The van der Waals surface area contributed by atoms with Crippen molar-refractivity contribution in [2.75, 3.05) is 11.1 Å². The Morgan fingerprint density at radius 2 is 1.73 bits per heavy atom. The maximum Gasteiger partial charge on any atom is 0.335 e. The van der Waals surface area contributed by atoms with Crippen molar-refractivity contribution in [3.63, 3.8) is 0 Å². The summed E-state index contributed by atoms with van der Waals surface area (Å²) in [6, 6.07) is 19.5. The molecule has 0 radical (unpaired) electrons. The highest BCUT2D eigenvalue weighted by molar-refractivity contribution is 7.22. The Kier molecular flexibility index (Phi) is 4.11. The minimum absolute atomic E-state index is 0.0438. The number of hydrogen-bond donors (Lipinski definition) is 3. The molecule has 6 nitrogen and oxygen atoms in total. The van der Waals surface area contributed by atoms with Gasteiger partial charge in [0.2, 0.25) is 5.43 Å². The van der Waals surface area contributed by atoms with E-state index in [0.29, 0.717) is 27.3 Å². The summed E-state index contributed by atoms with van der Waals surface area (Å²) in [5, 5.41) is 13.8.